The van der Waals surface area contributed by atoms with E-state index < -0.39 is 12.6 Å². The van der Waals surface area contributed by atoms with Gasteiger partial charge in [0.1, 0.15) is 11.1 Å². The third-order valence-corrected chi connectivity index (χ3v) is 6.43. The van der Waals surface area contributed by atoms with Gasteiger partial charge >= 0.3 is 5.97 Å². The molecule has 1 aromatic carbocycles. The van der Waals surface area contributed by atoms with Gasteiger partial charge in [-0.05, 0) is 52.8 Å². The molecule has 36 heavy (non-hydrogen) atoms. The van der Waals surface area contributed by atoms with Gasteiger partial charge in [0.2, 0.25) is 17.8 Å². The number of nitrogens with zero attached hydrogens (tertiary/aromatic N) is 4. The number of aromatic nitrogens is 3. The van der Waals surface area contributed by atoms with Crippen molar-refractivity contribution in [3.05, 3.63) is 36.3 Å². The lowest BCUT2D eigenvalue weighted by molar-refractivity contribution is -0.352. The van der Waals surface area contributed by atoms with Gasteiger partial charge in [-0.15, -0.1) is 0 Å². The molecule has 0 atom stereocenters. The molecule has 1 saturated heterocycles. The Labute approximate surface area is 211 Å². The number of piperazine rings is 1. The predicted octanol–water partition coefficient (Wildman–Crippen LogP) is 1.38. The number of hydrogen-bond acceptors (Lipinski definition) is 8. The SMILES string of the molecule is CNCCCN(C)Cc1c[nH]c2[nH+]cnc(Nc3ccc(N4CCN(C)CC4)c(OCC(=O)O)c3)c12. The van der Waals surface area contributed by atoms with E-state index in [1.807, 2.05) is 31.4 Å². The first-order chi connectivity index (χ1) is 17.4. The van der Waals surface area contributed by atoms with E-state index in [9.17, 15) is 9.90 Å². The van der Waals surface area contributed by atoms with E-state index in [1.165, 1.54) is 0 Å². The third-order valence-electron chi connectivity index (χ3n) is 6.43. The number of anilines is 3. The minimum Gasteiger partial charge on any atom is -0.480 e. The van der Waals surface area contributed by atoms with Crippen molar-refractivity contribution >= 4 is 34.2 Å². The van der Waals surface area contributed by atoms with Crippen molar-refractivity contribution in [2.45, 2.75) is 13.0 Å². The highest BCUT2D eigenvalue weighted by atomic mass is 16.5. The molecule has 1 fully saturated rings. The van der Waals surface area contributed by atoms with Gasteiger partial charge in [0.25, 0.3) is 0 Å². The molecule has 2 aromatic heterocycles. The second-order valence-electron chi connectivity index (χ2n) is 9.29. The fourth-order valence-corrected chi connectivity index (χ4v) is 4.48. The zero-order valence-electron chi connectivity index (χ0n) is 21.3. The number of H-pyrrole nitrogens is 2. The van der Waals surface area contributed by atoms with Crippen LogP contribution in [0.25, 0.3) is 11.0 Å². The minimum atomic E-state index is -1.00. The fourth-order valence-electron chi connectivity index (χ4n) is 4.48. The van der Waals surface area contributed by atoms with Gasteiger partial charge in [-0.3, -0.25) is 4.98 Å². The number of ether oxygens (including phenoxy) is 1. The second kappa shape index (κ2) is 12.0. The zero-order valence-corrected chi connectivity index (χ0v) is 21.3. The van der Waals surface area contributed by atoms with Crippen LogP contribution in [0.5, 0.6) is 5.75 Å². The van der Waals surface area contributed by atoms with Crippen molar-refractivity contribution in [2.24, 2.45) is 0 Å². The maximum atomic E-state index is 11.2. The first-order valence-corrected chi connectivity index (χ1v) is 12.3. The van der Waals surface area contributed by atoms with Crippen LogP contribution in [0.4, 0.5) is 17.2 Å². The summed E-state index contributed by atoms with van der Waals surface area (Å²) in [6, 6.07) is 5.84. The van der Waals surface area contributed by atoms with Gasteiger partial charge in [-0.1, -0.05) is 4.98 Å². The summed E-state index contributed by atoms with van der Waals surface area (Å²) in [7, 11) is 6.19. The highest BCUT2D eigenvalue weighted by Gasteiger charge is 2.21. The first kappa shape index (κ1) is 25.7. The van der Waals surface area contributed by atoms with E-state index in [2.05, 4.69) is 54.4 Å². The molecule has 4 rings (SSSR count). The smallest absolute Gasteiger partial charge is 0.341 e. The zero-order chi connectivity index (χ0) is 25.5. The molecule has 0 bridgehead atoms. The molecule has 0 spiro atoms. The van der Waals surface area contributed by atoms with E-state index in [1.54, 1.807) is 6.33 Å². The molecule has 11 nitrogen and oxygen atoms in total. The average molecular weight is 498 g/mol. The summed E-state index contributed by atoms with van der Waals surface area (Å²) in [5, 5.41) is 16.8. The Kier molecular flexibility index (Phi) is 8.57. The molecule has 0 radical (unpaired) electrons. The van der Waals surface area contributed by atoms with E-state index >= 15 is 0 Å². The number of fused-ring (bicyclic) bond motifs is 1. The molecule has 0 unspecified atom stereocenters. The van der Waals surface area contributed by atoms with Crippen molar-refractivity contribution in [3.8, 4) is 5.75 Å². The number of aliphatic carboxylic acids is 1. The molecule has 0 amide bonds. The number of carboxylic acids is 1. The molecule has 0 aliphatic carbocycles. The average Bonchev–Trinajstić information content (AvgIpc) is 3.27. The lowest BCUT2D eigenvalue weighted by atomic mass is 10.2. The van der Waals surface area contributed by atoms with Gasteiger partial charge in [0.15, 0.2) is 6.61 Å². The Bertz CT molecular complexity index is 1160. The summed E-state index contributed by atoms with van der Waals surface area (Å²) in [6.07, 6.45) is 4.74. The normalized spacial score (nSPS) is 14.5. The van der Waals surface area contributed by atoms with Crippen LogP contribution in [0.15, 0.2) is 30.7 Å². The van der Waals surface area contributed by atoms with Crippen LogP contribution in [0.2, 0.25) is 0 Å². The van der Waals surface area contributed by atoms with Crippen LogP contribution in [0, 0.1) is 0 Å². The molecule has 11 heteroatoms. The number of benzene rings is 1. The quantitative estimate of drug-likeness (QED) is 0.275. The van der Waals surface area contributed by atoms with Crippen LogP contribution in [-0.2, 0) is 11.3 Å². The lowest BCUT2D eigenvalue weighted by Crippen LogP contribution is -2.44. The number of carboxylic acid groups (broad SMARTS) is 1. The number of likely N-dealkylation sites (N-methyl/N-ethyl adjacent to an activating group) is 1. The highest BCUT2D eigenvalue weighted by Crippen LogP contribution is 2.34. The predicted molar refractivity (Wildman–Crippen MR) is 140 cm³/mol. The van der Waals surface area contributed by atoms with Crippen LogP contribution < -0.4 is 25.3 Å². The molecular formula is C25H37N8O3+. The second-order valence-corrected chi connectivity index (χ2v) is 9.29. The van der Waals surface area contributed by atoms with Crippen molar-refractivity contribution < 1.29 is 19.6 Å². The topological polar surface area (TPSA) is 123 Å². The van der Waals surface area contributed by atoms with Gasteiger partial charge < -0.3 is 35.2 Å². The van der Waals surface area contributed by atoms with Crippen molar-refractivity contribution in [1.29, 1.82) is 0 Å². The molecule has 1 aliphatic heterocycles. The maximum absolute atomic E-state index is 11.2. The number of carbonyl (C=O) groups is 1. The summed E-state index contributed by atoms with van der Waals surface area (Å²) in [5.41, 5.74) is 3.71. The van der Waals surface area contributed by atoms with E-state index in [-0.39, 0.29) is 0 Å². The number of hydrogen-bond donors (Lipinski definition) is 4. The lowest BCUT2D eigenvalue weighted by Gasteiger charge is -2.35. The van der Waals surface area contributed by atoms with E-state index in [4.69, 9.17) is 4.74 Å². The maximum Gasteiger partial charge on any atom is 0.341 e. The summed E-state index contributed by atoms with van der Waals surface area (Å²) in [6.45, 7) is 5.97. The van der Waals surface area contributed by atoms with Crippen LogP contribution in [0.1, 0.15) is 12.0 Å². The number of nitrogens with one attached hydrogen (secondary N) is 4. The Morgan fingerprint density at radius 3 is 2.86 bits per heavy atom. The minimum absolute atomic E-state index is 0.394. The Morgan fingerprint density at radius 2 is 2.11 bits per heavy atom. The Hall–Kier alpha value is -3.41. The molecule has 3 heterocycles. The standard InChI is InChI=1S/C25H36N8O3/c1-26-7-4-8-32(3)15-18-14-27-24-23(18)25(29-17-28-24)30-19-5-6-20(21(13-19)36-16-22(34)35)33-11-9-31(2)10-12-33/h5-6,13-14,17,26H,4,7-12,15-16H2,1-3H3,(H,34,35)(H2,27,28,29,30)/p+1. The van der Waals surface area contributed by atoms with E-state index in [0.29, 0.717) is 5.75 Å². The Morgan fingerprint density at radius 1 is 1.31 bits per heavy atom. The van der Waals surface area contributed by atoms with Crippen molar-refractivity contribution in [3.63, 3.8) is 0 Å². The van der Waals surface area contributed by atoms with Gasteiger partial charge in [0, 0.05) is 50.0 Å². The molecule has 5 N–H and O–H groups in total. The van der Waals surface area contributed by atoms with Gasteiger partial charge in [0.05, 0.1) is 11.9 Å². The van der Waals surface area contributed by atoms with Crippen LogP contribution in [-0.4, -0.2) is 97.9 Å². The van der Waals surface area contributed by atoms with Crippen molar-refractivity contribution in [2.75, 3.05) is 77.2 Å². The summed E-state index contributed by atoms with van der Waals surface area (Å²) >= 11 is 0. The third kappa shape index (κ3) is 6.42. The monoisotopic (exact) mass is 497 g/mol. The first-order valence-electron chi connectivity index (χ1n) is 12.3. The van der Waals surface area contributed by atoms with E-state index in [0.717, 1.165) is 86.0 Å². The molecule has 0 saturated carbocycles. The largest absolute Gasteiger partial charge is 0.480 e. The summed E-state index contributed by atoms with van der Waals surface area (Å²) in [5.74, 6) is 0.264. The van der Waals surface area contributed by atoms with Crippen molar-refractivity contribution in [1.82, 2.24) is 25.1 Å². The van der Waals surface area contributed by atoms with Crippen LogP contribution in [0.3, 0.4) is 0 Å². The molecule has 1 aliphatic rings. The number of rotatable bonds is 12. The molecule has 194 valence electrons. The Balaban J connectivity index is 1.58. The van der Waals surface area contributed by atoms with Gasteiger partial charge in [-0.2, -0.15) is 0 Å². The van der Waals surface area contributed by atoms with Gasteiger partial charge in [-0.25, -0.2) is 9.78 Å². The molecular weight excluding hydrogens is 460 g/mol. The summed E-state index contributed by atoms with van der Waals surface area (Å²) < 4.78 is 5.71. The molecule has 3 aromatic rings. The fraction of sp³-hybridized carbons (Fsp3) is 0.480. The highest BCUT2D eigenvalue weighted by molar-refractivity contribution is 5.90. The number of aromatic amines is 2. The summed E-state index contributed by atoms with van der Waals surface area (Å²) in [4.78, 5) is 29.1. The van der Waals surface area contributed by atoms with Crippen LogP contribution >= 0.6 is 0 Å².